The highest BCUT2D eigenvalue weighted by atomic mass is 35.5. The molecule has 2 aromatic carbocycles. The van der Waals surface area contributed by atoms with E-state index in [9.17, 15) is 4.79 Å². The van der Waals surface area contributed by atoms with E-state index in [4.69, 9.17) is 22.2 Å². The Labute approximate surface area is 133 Å². The van der Waals surface area contributed by atoms with Crippen molar-refractivity contribution in [2.24, 2.45) is 10.9 Å². The van der Waals surface area contributed by atoms with Crippen molar-refractivity contribution in [3.05, 3.63) is 76.3 Å². The minimum Gasteiger partial charge on any atom is -0.380 e. The van der Waals surface area contributed by atoms with E-state index in [1.54, 1.807) is 24.3 Å². The molecule has 0 aromatic heterocycles. The molecular weight excluding hydrogens is 300 g/mol. The standard InChI is InChI=1S/C17H15ClN2O2/c1-12-5-4-7-14(11-12)17(19)20-22-16(21)10-9-13-6-2-3-8-15(13)18/h2-11H,1H3,(H2,19,20)/b10-9+. The van der Waals surface area contributed by atoms with Crippen molar-refractivity contribution in [3.8, 4) is 0 Å². The van der Waals surface area contributed by atoms with Crippen molar-refractivity contribution in [2.45, 2.75) is 6.92 Å². The first-order chi connectivity index (χ1) is 10.6. The molecule has 0 aliphatic carbocycles. The lowest BCUT2D eigenvalue weighted by atomic mass is 10.1. The van der Waals surface area contributed by atoms with E-state index < -0.39 is 5.97 Å². The SMILES string of the molecule is Cc1cccc(/C(N)=N\OC(=O)/C=C/c2ccccc2Cl)c1. The monoisotopic (exact) mass is 314 g/mol. The van der Waals surface area contributed by atoms with E-state index in [0.717, 1.165) is 11.1 Å². The Morgan fingerprint density at radius 2 is 2.00 bits per heavy atom. The summed E-state index contributed by atoms with van der Waals surface area (Å²) in [6, 6.07) is 14.6. The van der Waals surface area contributed by atoms with E-state index in [2.05, 4.69) is 5.16 Å². The number of oxime groups is 1. The van der Waals surface area contributed by atoms with Gasteiger partial charge in [-0.1, -0.05) is 58.7 Å². The lowest BCUT2D eigenvalue weighted by Crippen LogP contribution is -2.14. The van der Waals surface area contributed by atoms with Gasteiger partial charge in [-0.3, -0.25) is 0 Å². The van der Waals surface area contributed by atoms with Crippen LogP contribution in [0.25, 0.3) is 6.08 Å². The molecule has 0 heterocycles. The maximum atomic E-state index is 11.6. The van der Waals surface area contributed by atoms with Crippen molar-refractivity contribution >= 4 is 29.5 Å². The number of halogens is 1. The second-order valence-electron chi connectivity index (χ2n) is 4.61. The van der Waals surface area contributed by atoms with Gasteiger partial charge >= 0.3 is 5.97 Å². The molecule has 112 valence electrons. The topological polar surface area (TPSA) is 64.7 Å². The number of amidine groups is 1. The summed E-state index contributed by atoms with van der Waals surface area (Å²) in [7, 11) is 0. The Kier molecular flexibility index (Phi) is 5.33. The van der Waals surface area contributed by atoms with E-state index in [1.165, 1.54) is 6.08 Å². The number of hydrogen-bond acceptors (Lipinski definition) is 3. The summed E-state index contributed by atoms with van der Waals surface area (Å²) in [5.41, 5.74) is 8.23. The summed E-state index contributed by atoms with van der Waals surface area (Å²) in [4.78, 5) is 16.4. The van der Waals surface area contributed by atoms with E-state index >= 15 is 0 Å². The molecule has 0 aliphatic heterocycles. The molecule has 2 aromatic rings. The molecule has 4 nitrogen and oxygen atoms in total. The maximum Gasteiger partial charge on any atom is 0.358 e. The fourth-order valence-corrected chi connectivity index (χ4v) is 1.95. The van der Waals surface area contributed by atoms with Gasteiger partial charge in [0.2, 0.25) is 0 Å². The van der Waals surface area contributed by atoms with Gasteiger partial charge in [-0.2, -0.15) is 0 Å². The van der Waals surface area contributed by atoms with Gasteiger partial charge in [0.25, 0.3) is 0 Å². The van der Waals surface area contributed by atoms with Crippen LogP contribution in [0, 0.1) is 6.92 Å². The molecule has 0 saturated carbocycles. The zero-order chi connectivity index (χ0) is 15.9. The molecular formula is C17H15ClN2O2. The highest BCUT2D eigenvalue weighted by Crippen LogP contribution is 2.16. The molecule has 2 N–H and O–H groups in total. The molecule has 0 spiro atoms. The predicted octanol–water partition coefficient (Wildman–Crippen LogP) is 3.53. The summed E-state index contributed by atoms with van der Waals surface area (Å²) >= 11 is 5.98. The van der Waals surface area contributed by atoms with Crippen LogP contribution in [0.3, 0.4) is 0 Å². The fraction of sp³-hybridized carbons (Fsp3) is 0.0588. The quantitative estimate of drug-likeness (QED) is 0.309. The molecule has 5 heteroatoms. The van der Waals surface area contributed by atoms with Crippen LogP contribution in [0.15, 0.2) is 59.8 Å². The van der Waals surface area contributed by atoms with Crippen molar-refractivity contribution in [1.29, 1.82) is 0 Å². The highest BCUT2D eigenvalue weighted by molar-refractivity contribution is 6.32. The third-order valence-corrected chi connectivity index (χ3v) is 3.20. The Morgan fingerprint density at radius 1 is 1.23 bits per heavy atom. The normalized spacial score (nSPS) is 11.6. The first-order valence-electron chi connectivity index (χ1n) is 6.60. The van der Waals surface area contributed by atoms with Gasteiger partial charge in [-0.05, 0) is 30.7 Å². The van der Waals surface area contributed by atoms with Gasteiger partial charge in [0, 0.05) is 16.7 Å². The van der Waals surface area contributed by atoms with Gasteiger partial charge in [-0.15, -0.1) is 0 Å². The molecule has 0 radical (unpaired) electrons. The second-order valence-corrected chi connectivity index (χ2v) is 5.02. The molecule has 0 bridgehead atoms. The molecule has 0 fully saturated rings. The molecule has 0 saturated heterocycles. The van der Waals surface area contributed by atoms with Crippen LogP contribution in [0.1, 0.15) is 16.7 Å². The zero-order valence-electron chi connectivity index (χ0n) is 12.0. The third-order valence-electron chi connectivity index (χ3n) is 2.85. The van der Waals surface area contributed by atoms with Crippen LogP contribution < -0.4 is 5.73 Å². The minimum absolute atomic E-state index is 0.142. The van der Waals surface area contributed by atoms with Gasteiger partial charge in [0.05, 0.1) is 0 Å². The lowest BCUT2D eigenvalue weighted by Gasteiger charge is -2.01. The highest BCUT2D eigenvalue weighted by Gasteiger charge is 2.02. The van der Waals surface area contributed by atoms with Gasteiger partial charge in [-0.25, -0.2) is 4.79 Å². The summed E-state index contributed by atoms with van der Waals surface area (Å²) in [6.07, 6.45) is 2.80. The molecule has 2 rings (SSSR count). The van der Waals surface area contributed by atoms with Crippen LogP contribution in [-0.2, 0) is 9.63 Å². The van der Waals surface area contributed by atoms with E-state index in [1.807, 2.05) is 37.3 Å². The molecule has 22 heavy (non-hydrogen) atoms. The number of nitrogens with zero attached hydrogens (tertiary/aromatic N) is 1. The fourth-order valence-electron chi connectivity index (χ4n) is 1.75. The van der Waals surface area contributed by atoms with Crippen LogP contribution in [0.5, 0.6) is 0 Å². The second kappa shape index (κ2) is 7.43. The number of rotatable bonds is 4. The maximum absolute atomic E-state index is 11.6. The molecule has 0 aliphatic rings. The Morgan fingerprint density at radius 3 is 2.73 bits per heavy atom. The van der Waals surface area contributed by atoms with Crippen LogP contribution in [-0.4, -0.2) is 11.8 Å². The van der Waals surface area contributed by atoms with Crippen molar-refractivity contribution in [3.63, 3.8) is 0 Å². The molecule has 0 amide bonds. The number of carbonyl (C=O) groups is 1. The first kappa shape index (κ1) is 15.8. The van der Waals surface area contributed by atoms with Crippen LogP contribution in [0.4, 0.5) is 0 Å². The number of benzene rings is 2. The summed E-state index contributed by atoms with van der Waals surface area (Å²) < 4.78 is 0. The largest absolute Gasteiger partial charge is 0.380 e. The minimum atomic E-state index is -0.629. The van der Waals surface area contributed by atoms with Crippen LogP contribution >= 0.6 is 11.6 Å². The smallest absolute Gasteiger partial charge is 0.358 e. The number of carbonyl (C=O) groups excluding carboxylic acids is 1. The van der Waals surface area contributed by atoms with E-state index in [0.29, 0.717) is 10.6 Å². The van der Waals surface area contributed by atoms with Crippen LogP contribution in [0.2, 0.25) is 5.02 Å². The lowest BCUT2D eigenvalue weighted by molar-refractivity contribution is -0.137. The zero-order valence-corrected chi connectivity index (χ0v) is 12.7. The van der Waals surface area contributed by atoms with E-state index in [-0.39, 0.29) is 5.84 Å². The predicted molar refractivity (Wildman–Crippen MR) is 88.5 cm³/mol. The molecule has 0 unspecified atom stereocenters. The Hall–Kier alpha value is -2.59. The van der Waals surface area contributed by atoms with Gasteiger partial charge in [0.15, 0.2) is 5.84 Å². The number of hydrogen-bond donors (Lipinski definition) is 1. The Bertz CT molecular complexity index is 739. The number of aryl methyl sites for hydroxylation is 1. The number of nitrogens with two attached hydrogens (primary N) is 1. The van der Waals surface area contributed by atoms with Crippen molar-refractivity contribution in [2.75, 3.05) is 0 Å². The summed E-state index contributed by atoms with van der Waals surface area (Å²) in [6.45, 7) is 1.94. The Balaban J connectivity index is 2.00. The first-order valence-corrected chi connectivity index (χ1v) is 6.98. The average Bonchev–Trinajstić information content (AvgIpc) is 2.52. The molecule has 0 atom stereocenters. The van der Waals surface area contributed by atoms with Crippen molar-refractivity contribution in [1.82, 2.24) is 0 Å². The third kappa shape index (κ3) is 4.46. The summed E-state index contributed by atoms with van der Waals surface area (Å²) in [5, 5.41) is 4.18. The van der Waals surface area contributed by atoms with Crippen molar-refractivity contribution < 1.29 is 9.63 Å². The van der Waals surface area contributed by atoms with Gasteiger partial charge in [0.1, 0.15) is 0 Å². The average molecular weight is 315 g/mol. The van der Waals surface area contributed by atoms with Gasteiger partial charge < -0.3 is 10.6 Å². The summed E-state index contributed by atoms with van der Waals surface area (Å²) in [5.74, 6) is -0.487.